The fourth-order valence-corrected chi connectivity index (χ4v) is 5.42. The molecular formula is C17H21N5O4S. The van der Waals surface area contributed by atoms with Crippen molar-refractivity contribution in [1.82, 2.24) is 24.2 Å². The second-order valence-corrected chi connectivity index (χ2v) is 8.47. The zero-order valence-electron chi connectivity index (χ0n) is 15.4. The average molecular weight is 391 g/mol. The molecule has 3 aromatic rings. The maximum atomic E-state index is 13.2. The topological polar surface area (TPSA) is 107 Å². The Morgan fingerprint density at radius 3 is 2.81 bits per heavy atom. The Hall–Kier alpha value is -2.46. The lowest BCUT2D eigenvalue weighted by atomic mass is 10.1. The van der Waals surface area contributed by atoms with Crippen LogP contribution in [0.15, 0.2) is 32.2 Å². The number of sulfonamides is 1. The summed E-state index contributed by atoms with van der Waals surface area (Å²) >= 11 is 0. The average Bonchev–Trinajstić information content (AvgIpc) is 3.41. The van der Waals surface area contributed by atoms with Crippen LogP contribution >= 0.6 is 0 Å². The third-order valence-electron chi connectivity index (χ3n) is 4.90. The van der Waals surface area contributed by atoms with E-state index in [2.05, 4.69) is 15.2 Å². The van der Waals surface area contributed by atoms with E-state index in [1.165, 1.54) is 10.6 Å². The van der Waals surface area contributed by atoms with E-state index in [0.717, 1.165) is 0 Å². The van der Waals surface area contributed by atoms with Crippen molar-refractivity contribution in [2.45, 2.75) is 44.6 Å². The van der Waals surface area contributed by atoms with Gasteiger partial charge < -0.3 is 8.94 Å². The third-order valence-corrected chi connectivity index (χ3v) is 7.02. The van der Waals surface area contributed by atoms with E-state index in [9.17, 15) is 8.42 Å². The molecule has 1 saturated heterocycles. The normalized spacial score (nSPS) is 18.4. The number of hydrogen-bond donors (Lipinski definition) is 0. The van der Waals surface area contributed by atoms with Crippen molar-refractivity contribution in [2.24, 2.45) is 0 Å². The van der Waals surface area contributed by atoms with Gasteiger partial charge in [-0.15, -0.1) is 0 Å². The molecule has 1 aliphatic heterocycles. The van der Waals surface area contributed by atoms with Crippen molar-refractivity contribution in [1.29, 1.82) is 0 Å². The molecule has 0 aliphatic carbocycles. The van der Waals surface area contributed by atoms with Crippen LogP contribution in [0.1, 0.15) is 36.5 Å². The van der Waals surface area contributed by atoms with Crippen molar-refractivity contribution >= 4 is 10.0 Å². The molecule has 144 valence electrons. The smallest absolute Gasteiger partial charge is 0.293 e. The van der Waals surface area contributed by atoms with Gasteiger partial charge in [0, 0.05) is 25.6 Å². The molecule has 4 heterocycles. The van der Waals surface area contributed by atoms with E-state index >= 15 is 0 Å². The molecule has 3 aromatic heterocycles. The molecule has 27 heavy (non-hydrogen) atoms. The van der Waals surface area contributed by atoms with Crippen LogP contribution < -0.4 is 0 Å². The number of aromatic nitrogens is 4. The van der Waals surface area contributed by atoms with Gasteiger partial charge in [0.2, 0.25) is 10.0 Å². The molecule has 0 bridgehead atoms. The molecule has 1 atom stereocenters. The minimum atomic E-state index is -3.62. The van der Waals surface area contributed by atoms with Crippen LogP contribution in [0.3, 0.4) is 0 Å². The fraction of sp³-hybridized carbons (Fsp3) is 0.471. The van der Waals surface area contributed by atoms with E-state index in [-0.39, 0.29) is 5.92 Å². The minimum absolute atomic E-state index is 0.117. The number of rotatable bonds is 5. The molecule has 9 nitrogen and oxygen atoms in total. The molecular weight excluding hydrogens is 370 g/mol. The zero-order chi connectivity index (χ0) is 19.2. The summed E-state index contributed by atoms with van der Waals surface area (Å²) in [6, 6.07) is 3.48. The Morgan fingerprint density at radius 2 is 2.15 bits per heavy atom. The lowest BCUT2D eigenvalue weighted by Gasteiger charge is -2.16. The van der Waals surface area contributed by atoms with E-state index < -0.39 is 10.0 Å². The van der Waals surface area contributed by atoms with Crippen LogP contribution in [0.4, 0.5) is 0 Å². The maximum Gasteiger partial charge on any atom is 0.293 e. The van der Waals surface area contributed by atoms with Crippen molar-refractivity contribution in [2.75, 3.05) is 13.1 Å². The quantitative estimate of drug-likeness (QED) is 0.657. The number of furan rings is 1. The minimum Gasteiger partial charge on any atom is -0.459 e. The van der Waals surface area contributed by atoms with Gasteiger partial charge in [-0.1, -0.05) is 5.16 Å². The Labute approximate surface area is 157 Å². The monoisotopic (exact) mass is 391 g/mol. The number of aryl methyl sites for hydroxylation is 2. The summed E-state index contributed by atoms with van der Waals surface area (Å²) in [5.41, 5.74) is 1.19. The lowest BCUT2D eigenvalue weighted by Crippen LogP contribution is -2.29. The molecule has 1 aliphatic rings. The highest BCUT2D eigenvalue weighted by molar-refractivity contribution is 7.89. The summed E-state index contributed by atoms with van der Waals surface area (Å²) in [6.45, 7) is 6.81. The molecule has 0 N–H and O–H groups in total. The largest absolute Gasteiger partial charge is 0.459 e. The van der Waals surface area contributed by atoms with Crippen LogP contribution in [0.25, 0.3) is 11.7 Å². The van der Waals surface area contributed by atoms with E-state index in [1.807, 2.05) is 6.92 Å². The van der Waals surface area contributed by atoms with Crippen LogP contribution in [0.2, 0.25) is 0 Å². The van der Waals surface area contributed by atoms with Crippen molar-refractivity contribution in [3.05, 3.63) is 35.6 Å². The first-order chi connectivity index (χ1) is 12.9. The Bertz CT molecular complexity index is 1050. The summed E-state index contributed by atoms with van der Waals surface area (Å²) < 4.78 is 40.0. The zero-order valence-corrected chi connectivity index (χ0v) is 16.2. The highest BCUT2D eigenvalue weighted by atomic mass is 32.2. The van der Waals surface area contributed by atoms with E-state index in [0.29, 0.717) is 59.8 Å². The Kier molecular flexibility index (Phi) is 4.39. The Balaban J connectivity index is 1.57. The van der Waals surface area contributed by atoms with Gasteiger partial charge in [-0.3, -0.25) is 4.68 Å². The van der Waals surface area contributed by atoms with Gasteiger partial charge in [-0.2, -0.15) is 14.4 Å². The number of hydrogen-bond acceptors (Lipinski definition) is 7. The van der Waals surface area contributed by atoms with Crippen LogP contribution in [0.5, 0.6) is 0 Å². The third kappa shape index (κ3) is 2.98. The van der Waals surface area contributed by atoms with Gasteiger partial charge in [0.25, 0.3) is 5.89 Å². The lowest BCUT2D eigenvalue weighted by molar-refractivity contribution is 0.403. The van der Waals surface area contributed by atoms with Gasteiger partial charge in [-0.25, -0.2) is 8.42 Å². The first-order valence-corrected chi connectivity index (χ1v) is 10.3. The molecule has 0 saturated carbocycles. The van der Waals surface area contributed by atoms with E-state index in [4.69, 9.17) is 8.94 Å². The predicted octanol–water partition coefficient (Wildman–Crippen LogP) is 2.34. The molecule has 4 rings (SSSR count). The molecule has 10 heteroatoms. The summed E-state index contributed by atoms with van der Waals surface area (Å²) in [6.07, 6.45) is 2.17. The molecule has 0 aromatic carbocycles. The molecule has 1 unspecified atom stereocenters. The highest BCUT2D eigenvalue weighted by Crippen LogP contribution is 2.32. The second kappa shape index (κ2) is 6.61. The maximum absolute atomic E-state index is 13.2. The molecule has 1 fully saturated rings. The summed E-state index contributed by atoms with van der Waals surface area (Å²) in [5, 5.41) is 8.35. The SMILES string of the molecule is CCn1nc(C)c(S(=O)(=O)N2CCC(c3noc(-c4ccco4)n3)C2)c1C. The molecule has 0 radical (unpaired) electrons. The van der Waals surface area contributed by atoms with Crippen LogP contribution in [-0.2, 0) is 16.6 Å². The summed E-state index contributed by atoms with van der Waals surface area (Å²) in [4.78, 5) is 4.67. The van der Waals surface area contributed by atoms with Crippen molar-refractivity contribution in [3.8, 4) is 11.7 Å². The summed E-state index contributed by atoms with van der Waals surface area (Å²) in [7, 11) is -3.62. The predicted molar refractivity (Wildman–Crippen MR) is 95.5 cm³/mol. The van der Waals surface area contributed by atoms with Crippen LogP contribution in [0, 0.1) is 13.8 Å². The summed E-state index contributed by atoms with van der Waals surface area (Å²) in [5.74, 6) is 1.17. The molecule has 0 amide bonds. The van der Waals surface area contributed by atoms with Gasteiger partial charge in [0.15, 0.2) is 11.6 Å². The van der Waals surface area contributed by atoms with Crippen molar-refractivity contribution in [3.63, 3.8) is 0 Å². The van der Waals surface area contributed by atoms with Crippen LogP contribution in [-0.4, -0.2) is 45.7 Å². The first-order valence-electron chi connectivity index (χ1n) is 8.83. The van der Waals surface area contributed by atoms with E-state index in [1.54, 1.807) is 30.7 Å². The fourth-order valence-electron chi connectivity index (χ4n) is 3.55. The first kappa shape index (κ1) is 17.9. The standard InChI is InChI=1S/C17H21N5O4S/c1-4-22-12(3)15(11(2)19-22)27(23,24)21-8-7-13(10-21)16-18-17(26-20-16)14-6-5-9-25-14/h5-6,9,13H,4,7-8,10H2,1-3H3. The van der Waals surface area contributed by atoms with Gasteiger partial charge in [-0.05, 0) is 39.3 Å². The van der Waals surface area contributed by atoms with Gasteiger partial charge >= 0.3 is 0 Å². The number of nitrogens with zero attached hydrogens (tertiary/aromatic N) is 5. The van der Waals surface area contributed by atoms with Gasteiger partial charge in [0.05, 0.1) is 17.7 Å². The van der Waals surface area contributed by atoms with Gasteiger partial charge in [0.1, 0.15) is 4.90 Å². The van der Waals surface area contributed by atoms with Crippen molar-refractivity contribution < 1.29 is 17.4 Å². The highest BCUT2D eigenvalue weighted by Gasteiger charge is 2.38. The Morgan fingerprint density at radius 1 is 1.33 bits per heavy atom. The molecule has 0 spiro atoms. The second-order valence-electron chi connectivity index (χ2n) is 6.60.